The number of benzene rings is 1. The van der Waals surface area contributed by atoms with Gasteiger partial charge in [0.1, 0.15) is 5.56 Å². The zero-order valence-electron chi connectivity index (χ0n) is 9.07. The summed E-state index contributed by atoms with van der Waals surface area (Å²) in [5.41, 5.74) is -0.606. The standard InChI is InChI=1S/C10H7BrFN3O2S/c1-18-10(14-4-13)15-6-3-2-5(11)8(12)7(6)9(16)17/h2-3H,1H3,(H,14,15)(H,16,17). The van der Waals surface area contributed by atoms with Gasteiger partial charge in [0.25, 0.3) is 0 Å². The van der Waals surface area contributed by atoms with Crippen LogP contribution < -0.4 is 5.32 Å². The van der Waals surface area contributed by atoms with Crippen LogP contribution in [0.25, 0.3) is 0 Å². The monoisotopic (exact) mass is 331 g/mol. The highest BCUT2D eigenvalue weighted by Gasteiger charge is 2.18. The second-order valence-corrected chi connectivity index (χ2v) is 4.57. The van der Waals surface area contributed by atoms with E-state index in [1.54, 1.807) is 12.4 Å². The number of nitrogens with one attached hydrogen (secondary N) is 1. The Hall–Kier alpha value is -1.59. The summed E-state index contributed by atoms with van der Waals surface area (Å²) in [7, 11) is 0. The van der Waals surface area contributed by atoms with Crippen LogP contribution in [-0.2, 0) is 0 Å². The fourth-order valence-electron chi connectivity index (χ4n) is 1.12. The Bertz CT molecular complexity index is 557. The van der Waals surface area contributed by atoms with Crippen LogP contribution in [0, 0.1) is 17.3 Å². The maximum absolute atomic E-state index is 13.7. The Labute approximate surface area is 115 Å². The molecule has 0 spiro atoms. The van der Waals surface area contributed by atoms with E-state index in [4.69, 9.17) is 10.4 Å². The highest BCUT2D eigenvalue weighted by atomic mass is 79.9. The molecule has 0 aliphatic heterocycles. The summed E-state index contributed by atoms with van der Waals surface area (Å²) in [6.45, 7) is 0. The summed E-state index contributed by atoms with van der Waals surface area (Å²) >= 11 is 4.01. The molecule has 0 amide bonds. The van der Waals surface area contributed by atoms with Crippen molar-refractivity contribution in [2.75, 3.05) is 6.26 Å². The Kier molecular flexibility index (Phi) is 5.12. The van der Waals surface area contributed by atoms with E-state index in [0.717, 1.165) is 11.8 Å². The van der Waals surface area contributed by atoms with Crippen molar-refractivity contribution in [1.82, 2.24) is 5.32 Å². The van der Waals surface area contributed by atoms with Crippen LogP contribution in [-0.4, -0.2) is 22.5 Å². The van der Waals surface area contributed by atoms with Crippen LogP contribution in [0.4, 0.5) is 10.1 Å². The highest BCUT2D eigenvalue weighted by Crippen LogP contribution is 2.28. The van der Waals surface area contributed by atoms with E-state index in [-0.39, 0.29) is 15.3 Å². The van der Waals surface area contributed by atoms with Crippen molar-refractivity contribution in [3.05, 3.63) is 28.0 Å². The molecule has 0 atom stereocenters. The predicted octanol–water partition coefficient (Wildman–Crippen LogP) is 2.71. The van der Waals surface area contributed by atoms with Gasteiger partial charge in [0.2, 0.25) is 0 Å². The normalized spacial score (nSPS) is 10.9. The number of rotatable bonds is 2. The van der Waals surface area contributed by atoms with Gasteiger partial charge in [-0.1, -0.05) is 11.8 Å². The third kappa shape index (κ3) is 3.21. The molecule has 0 unspecified atom stereocenters. The second kappa shape index (κ2) is 6.37. The van der Waals surface area contributed by atoms with Gasteiger partial charge in [-0.3, -0.25) is 5.32 Å². The number of hydrogen-bond acceptors (Lipinski definition) is 4. The molecule has 18 heavy (non-hydrogen) atoms. The van der Waals surface area contributed by atoms with Gasteiger partial charge in [0.05, 0.1) is 10.2 Å². The minimum absolute atomic E-state index is 0.0396. The summed E-state index contributed by atoms with van der Waals surface area (Å²) in [6.07, 6.45) is 3.31. The Morgan fingerprint density at radius 2 is 2.33 bits per heavy atom. The van der Waals surface area contributed by atoms with Crippen LogP contribution in [0.3, 0.4) is 0 Å². The van der Waals surface area contributed by atoms with Gasteiger partial charge in [-0.25, -0.2) is 14.2 Å². The average Bonchev–Trinajstić information content (AvgIpc) is 2.32. The van der Waals surface area contributed by atoms with Crippen LogP contribution in [0.2, 0.25) is 0 Å². The van der Waals surface area contributed by atoms with Crippen molar-refractivity contribution < 1.29 is 14.3 Å². The first-order valence-electron chi connectivity index (χ1n) is 4.50. The van der Waals surface area contributed by atoms with Crippen molar-refractivity contribution in [1.29, 1.82) is 5.26 Å². The molecule has 94 valence electrons. The molecule has 0 aromatic heterocycles. The van der Waals surface area contributed by atoms with Crippen LogP contribution in [0.5, 0.6) is 0 Å². The van der Waals surface area contributed by atoms with Crippen molar-refractivity contribution in [3.63, 3.8) is 0 Å². The lowest BCUT2D eigenvalue weighted by Crippen LogP contribution is -2.13. The largest absolute Gasteiger partial charge is 0.478 e. The molecular weight excluding hydrogens is 325 g/mol. The van der Waals surface area contributed by atoms with E-state index in [1.807, 2.05) is 0 Å². The fourth-order valence-corrected chi connectivity index (χ4v) is 1.79. The number of nitrogens with zero attached hydrogens (tertiary/aromatic N) is 2. The number of carboxylic acids is 1. The first kappa shape index (κ1) is 14.5. The Morgan fingerprint density at radius 3 is 2.83 bits per heavy atom. The molecule has 0 radical (unpaired) electrons. The number of nitriles is 1. The zero-order chi connectivity index (χ0) is 13.7. The summed E-state index contributed by atoms with van der Waals surface area (Å²) in [5, 5.41) is 19.9. The number of halogens is 2. The smallest absolute Gasteiger partial charge is 0.340 e. The van der Waals surface area contributed by atoms with E-state index in [9.17, 15) is 9.18 Å². The van der Waals surface area contributed by atoms with Crippen LogP contribution >= 0.6 is 27.7 Å². The number of aliphatic imine (C=N–C) groups is 1. The quantitative estimate of drug-likeness (QED) is 0.376. The van der Waals surface area contributed by atoms with Gasteiger partial charge in [-0.15, -0.1) is 0 Å². The van der Waals surface area contributed by atoms with E-state index >= 15 is 0 Å². The lowest BCUT2D eigenvalue weighted by Gasteiger charge is -2.05. The van der Waals surface area contributed by atoms with Crippen molar-refractivity contribution >= 4 is 44.5 Å². The SMILES string of the molecule is CSC(=Nc1ccc(Br)c(F)c1C(=O)O)NC#N. The highest BCUT2D eigenvalue weighted by molar-refractivity contribution is 9.10. The number of carboxylic acid groups (broad SMARTS) is 1. The van der Waals surface area contributed by atoms with Gasteiger partial charge in [-0.05, 0) is 34.3 Å². The first-order valence-corrected chi connectivity index (χ1v) is 6.52. The summed E-state index contributed by atoms with van der Waals surface area (Å²) in [4.78, 5) is 14.9. The number of thioether (sulfide) groups is 1. The Morgan fingerprint density at radius 1 is 1.67 bits per heavy atom. The molecule has 0 bridgehead atoms. The second-order valence-electron chi connectivity index (χ2n) is 2.92. The van der Waals surface area contributed by atoms with Gasteiger partial charge in [0.15, 0.2) is 17.2 Å². The van der Waals surface area contributed by atoms with E-state index in [1.165, 1.54) is 12.1 Å². The van der Waals surface area contributed by atoms with Crippen LogP contribution in [0.15, 0.2) is 21.6 Å². The van der Waals surface area contributed by atoms with Gasteiger partial charge in [0, 0.05) is 0 Å². The first-order chi connectivity index (χ1) is 8.51. The van der Waals surface area contributed by atoms with Crippen molar-refractivity contribution in [2.45, 2.75) is 0 Å². The molecule has 0 saturated carbocycles. The van der Waals surface area contributed by atoms with Crippen LogP contribution in [0.1, 0.15) is 10.4 Å². The van der Waals surface area contributed by atoms with Gasteiger partial charge < -0.3 is 5.11 Å². The molecule has 1 aromatic rings. The summed E-state index contributed by atoms with van der Waals surface area (Å²) in [5.74, 6) is -2.33. The minimum Gasteiger partial charge on any atom is -0.478 e. The third-order valence-corrected chi connectivity index (χ3v) is 3.06. The van der Waals surface area contributed by atoms with E-state index in [0.29, 0.717) is 0 Å². The fraction of sp³-hybridized carbons (Fsp3) is 0.100. The molecule has 2 N–H and O–H groups in total. The number of hydrogen-bond donors (Lipinski definition) is 2. The minimum atomic E-state index is -1.43. The molecule has 8 heteroatoms. The summed E-state index contributed by atoms with van der Waals surface area (Å²) < 4.78 is 13.7. The van der Waals surface area contributed by atoms with Gasteiger partial charge in [-0.2, -0.15) is 5.26 Å². The molecular formula is C10H7BrFN3O2S. The molecule has 1 rings (SSSR count). The summed E-state index contributed by atoms with van der Waals surface area (Å²) in [6, 6.07) is 2.71. The maximum Gasteiger partial charge on any atom is 0.340 e. The lowest BCUT2D eigenvalue weighted by atomic mass is 10.1. The number of aromatic carboxylic acids is 1. The molecule has 5 nitrogen and oxygen atoms in total. The van der Waals surface area contributed by atoms with Gasteiger partial charge >= 0.3 is 5.97 Å². The molecule has 1 aromatic carbocycles. The molecule has 0 heterocycles. The van der Waals surface area contributed by atoms with Crippen molar-refractivity contribution in [3.8, 4) is 6.19 Å². The number of amidine groups is 1. The Balaban J connectivity index is 3.38. The predicted molar refractivity (Wildman–Crippen MR) is 70.4 cm³/mol. The topological polar surface area (TPSA) is 85.5 Å². The van der Waals surface area contributed by atoms with E-state index < -0.39 is 17.3 Å². The zero-order valence-corrected chi connectivity index (χ0v) is 11.5. The molecule has 0 aliphatic rings. The van der Waals surface area contributed by atoms with E-state index in [2.05, 4.69) is 26.2 Å². The third-order valence-electron chi connectivity index (χ3n) is 1.86. The maximum atomic E-state index is 13.7. The van der Waals surface area contributed by atoms with Crippen molar-refractivity contribution in [2.24, 2.45) is 4.99 Å². The average molecular weight is 332 g/mol. The molecule has 0 saturated heterocycles. The molecule has 0 fully saturated rings. The number of carbonyl (C=O) groups is 1. The molecule has 0 aliphatic carbocycles. The lowest BCUT2D eigenvalue weighted by molar-refractivity contribution is 0.0692.